The Balaban J connectivity index is 2.04. The Morgan fingerprint density at radius 2 is 2.08 bits per heavy atom. The molecule has 0 saturated carbocycles. The molecular formula is C10H20N2S. The molecule has 0 amide bonds. The molecule has 2 heterocycles. The van der Waals surface area contributed by atoms with E-state index in [4.69, 9.17) is 0 Å². The molecule has 2 aliphatic rings. The summed E-state index contributed by atoms with van der Waals surface area (Å²) in [5.41, 5.74) is 0.667. The molecule has 0 aromatic heterocycles. The number of piperazine rings is 1. The van der Waals surface area contributed by atoms with Gasteiger partial charge in [0.15, 0.2) is 0 Å². The van der Waals surface area contributed by atoms with Crippen molar-refractivity contribution < 1.29 is 0 Å². The predicted octanol–water partition coefficient (Wildman–Crippen LogP) is 1.22. The van der Waals surface area contributed by atoms with E-state index in [0.717, 1.165) is 13.1 Å². The highest BCUT2D eigenvalue weighted by Crippen LogP contribution is 2.30. The van der Waals surface area contributed by atoms with Crippen molar-refractivity contribution in [2.45, 2.75) is 37.8 Å². The second-order valence-electron chi connectivity index (χ2n) is 5.05. The fraction of sp³-hybridized carbons (Fsp3) is 1.00. The Bertz CT molecular complexity index is 180. The lowest BCUT2D eigenvalue weighted by Gasteiger charge is -2.48. The van der Waals surface area contributed by atoms with Crippen LogP contribution in [-0.2, 0) is 0 Å². The summed E-state index contributed by atoms with van der Waals surface area (Å²) in [7, 11) is 0. The monoisotopic (exact) mass is 200 g/mol. The van der Waals surface area contributed by atoms with Gasteiger partial charge in [-0.05, 0) is 32.4 Å². The van der Waals surface area contributed by atoms with Crippen LogP contribution in [0.1, 0.15) is 26.7 Å². The summed E-state index contributed by atoms with van der Waals surface area (Å²) >= 11 is 2.10. The lowest BCUT2D eigenvalue weighted by atomic mass is 9.87. The van der Waals surface area contributed by atoms with Crippen LogP contribution in [0.3, 0.4) is 0 Å². The molecule has 2 saturated heterocycles. The molecule has 1 atom stereocenters. The van der Waals surface area contributed by atoms with E-state index in [2.05, 4.69) is 36.2 Å². The number of hydrogen-bond acceptors (Lipinski definition) is 3. The number of nitrogens with one attached hydrogen (secondary N) is 2. The van der Waals surface area contributed by atoms with Crippen LogP contribution in [0.4, 0.5) is 0 Å². The maximum Gasteiger partial charge on any atom is 0.0402 e. The van der Waals surface area contributed by atoms with Gasteiger partial charge in [0.25, 0.3) is 0 Å². The second kappa shape index (κ2) is 3.44. The van der Waals surface area contributed by atoms with E-state index in [1.807, 2.05) is 0 Å². The topological polar surface area (TPSA) is 24.1 Å². The van der Waals surface area contributed by atoms with Gasteiger partial charge in [-0.2, -0.15) is 11.8 Å². The summed E-state index contributed by atoms with van der Waals surface area (Å²) in [5, 5.41) is 7.38. The molecule has 2 rings (SSSR count). The first kappa shape index (κ1) is 9.81. The van der Waals surface area contributed by atoms with E-state index in [9.17, 15) is 0 Å². The molecule has 0 aromatic rings. The van der Waals surface area contributed by atoms with Crippen molar-refractivity contribution >= 4 is 11.8 Å². The highest BCUT2D eigenvalue weighted by molar-refractivity contribution is 7.99. The molecule has 76 valence electrons. The van der Waals surface area contributed by atoms with Crippen LogP contribution >= 0.6 is 11.8 Å². The Morgan fingerprint density at radius 1 is 1.23 bits per heavy atom. The average Bonchev–Trinajstić information content (AvgIpc) is 2.03. The van der Waals surface area contributed by atoms with Crippen molar-refractivity contribution in [2.24, 2.45) is 0 Å². The number of hydrogen-bond donors (Lipinski definition) is 2. The molecule has 2 N–H and O–H groups in total. The zero-order chi connectivity index (χ0) is 9.36. The molecule has 2 fully saturated rings. The van der Waals surface area contributed by atoms with Gasteiger partial charge in [0.2, 0.25) is 0 Å². The highest BCUT2D eigenvalue weighted by Gasteiger charge is 2.39. The summed E-state index contributed by atoms with van der Waals surface area (Å²) in [6.45, 7) is 6.84. The third kappa shape index (κ3) is 2.20. The van der Waals surface area contributed by atoms with Crippen molar-refractivity contribution in [1.82, 2.24) is 10.6 Å². The minimum atomic E-state index is 0.274. The maximum absolute atomic E-state index is 3.82. The number of rotatable bonds is 0. The van der Waals surface area contributed by atoms with Crippen LogP contribution in [0.5, 0.6) is 0 Å². The van der Waals surface area contributed by atoms with Gasteiger partial charge in [-0.3, -0.25) is 0 Å². The van der Waals surface area contributed by atoms with Crippen molar-refractivity contribution in [3.8, 4) is 0 Å². The van der Waals surface area contributed by atoms with Gasteiger partial charge in [0.1, 0.15) is 0 Å². The molecule has 2 nitrogen and oxygen atoms in total. The Kier molecular flexibility index (Phi) is 2.60. The lowest BCUT2D eigenvalue weighted by molar-refractivity contribution is 0.177. The molecule has 0 radical (unpaired) electrons. The molecular weight excluding hydrogens is 180 g/mol. The van der Waals surface area contributed by atoms with E-state index >= 15 is 0 Å². The summed E-state index contributed by atoms with van der Waals surface area (Å²) in [4.78, 5) is 0. The van der Waals surface area contributed by atoms with Gasteiger partial charge >= 0.3 is 0 Å². The average molecular weight is 200 g/mol. The van der Waals surface area contributed by atoms with Crippen molar-refractivity contribution in [3.63, 3.8) is 0 Å². The zero-order valence-electron chi connectivity index (χ0n) is 8.65. The van der Waals surface area contributed by atoms with Gasteiger partial charge < -0.3 is 10.6 Å². The van der Waals surface area contributed by atoms with E-state index in [1.54, 1.807) is 0 Å². The molecule has 3 heteroatoms. The first-order valence-corrected chi connectivity index (χ1v) is 6.35. The lowest BCUT2D eigenvalue weighted by Crippen LogP contribution is -2.69. The van der Waals surface area contributed by atoms with Crippen LogP contribution in [0.25, 0.3) is 0 Å². The largest absolute Gasteiger partial charge is 0.313 e. The first-order valence-electron chi connectivity index (χ1n) is 5.20. The maximum atomic E-state index is 3.82. The minimum Gasteiger partial charge on any atom is -0.313 e. The van der Waals surface area contributed by atoms with Gasteiger partial charge in [-0.1, -0.05) is 0 Å². The fourth-order valence-electron chi connectivity index (χ4n) is 2.51. The standard InChI is InChI=1S/C10H20N2S/c1-9(2)6-11-7-10(12-9)4-3-5-13-8-10/h11-12H,3-8H2,1-2H3. The molecule has 1 spiro atoms. The molecule has 0 aliphatic carbocycles. The first-order chi connectivity index (χ1) is 6.12. The number of thioether (sulfide) groups is 1. The SMILES string of the molecule is CC1(C)CNCC2(CCCSC2)N1. The summed E-state index contributed by atoms with van der Waals surface area (Å²) in [5.74, 6) is 2.63. The van der Waals surface area contributed by atoms with Gasteiger partial charge in [-0.15, -0.1) is 0 Å². The van der Waals surface area contributed by atoms with Crippen LogP contribution in [0, 0.1) is 0 Å². The summed E-state index contributed by atoms with van der Waals surface area (Å²) < 4.78 is 0. The Labute approximate surface area is 85.2 Å². The second-order valence-corrected chi connectivity index (χ2v) is 6.15. The fourth-order valence-corrected chi connectivity index (χ4v) is 3.71. The van der Waals surface area contributed by atoms with E-state index in [1.165, 1.54) is 24.3 Å². The summed E-state index contributed by atoms with van der Waals surface area (Å²) in [6.07, 6.45) is 2.71. The van der Waals surface area contributed by atoms with Crippen molar-refractivity contribution in [3.05, 3.63) is 0 Å². The molecule has 13 heavy (non-hydrogen) atoms. The molecule has 0 aromatic carbocycles. The third-order valence-electron chi connectivity index (χ3n) is 2.96. The smallest absolute Gasteiger partial charge is 0.0402 e. The molecule has 1 unspecified atom stereocenters. The Hall–Kier alpha value is 0.270. The minimum absolute atomic E-state index is 0.274. The van der Waals surface area contributed by atoms with Gasteiger partial charge in [-0.25, -0.2) is 0 Å². The quantitative estimate of drug-likeness (QED) is 0.615. The third-order valence-corrected chi connectivity index (χ3v) is 4.29. The van der Waals surface area contributed by atoms with Gasteiger partial charge in [0.05, 0.1) is 0 Å². The highest BCUT2D eigenvalue weighted by atomic mass is 32.2. The van der Waals surface area contributed by atoms with Crippen molar-refractivity contribution in [1.29, 1.82) is 0 Å². The Morgan fingerprint density at radius 3 is 2.69 bits per heavy atom. The van der Waals surface area contributed by atoms with Crippen LogP contribution < -0.4 is 10.6 Å². The van der Waals surface area contributed by atoms with E-state index in [0.29, 0.717) is 5.54 Å². The van der Waals surface area contributed by atoms with Crippen LogP contribution in [0.15, 0.2) is 0 Å². The molecule has 2 aliphatic heterocycles. The van der Waals surface area contributed by atoms with E-state index in [-0.39, 0.29) is 5.54 Å². The van der Waals surface area contributed by atoms with Crippen LogP contribution in [0.2, 0.25) is 0 Å². The summed E-state index contributed by atoms with van der Waals surface area (Å²) in [6, 6.07) is 0. The van der Waals surface area contributed by atoms with E-state index < -0.39 is 0 Å². The van der Waals surface area contributed by atoms with Crippen LogP contribution in [-0.4, -0.2) is 35.7 Å². The normalized spacial score (nSPS) is 39.2. The predicted molar refractivity (Wildman–Crippen MR) is 59.4 cm³/mol. The van der Waals surface area contributed by atoms with Gasteiger partial charge in [0, 0.05) is 29.9 Å². The molecule has 0 bridgehead atoms. The van der Waals surface area contributed by atoms with Crippen molar-refractivity contribution in [2.75, 3.05) is 24.6 Å². The zero-order valence-corrected chi connectivity index (χ0v) is 9.47.